The zero-order valence-corrected chi connectivity index (χ0v) is 15.0. The minimum atomic E-state index is -1.03. The molecule has 134 valence electrons. The number of hydrogen-bond donors (Lipinski definition) is 2. The first-order valence-electron chi connectivity index (χ1n) is 8.44. The van der Waals surface area contributed by atoms with E-state index in [1.165, 1.54) is 11.6 Å². The molecule has 0 bridgehead atoms. The number of carboxylic acids is 1. The molecule has 0 aliphatic carbocycles. The topological polar surface area (TPSA) is 79.5 Å². The molecule has 2 N–H and O–H groups in total. The summed E-state index contributed by atoms with van der Waals surface area (Å²) in [5, 5.41) is 11.9. The second kappa shape index (κ2) is 8.01. The van der Waals surface area contributed by atoms with Crippen molar-refractivity contribution < 1.29 is 19.1 Å². The molecule has 0 saturated carbocycles. The van der Waals surface area contributed by atoms with Crippen LogP contribution >= 0.6 is 0 Å². The predicted octanol–water partition coefficient (Wildman–Crippen LogP) is 3.95. The Bertz CT molecular complexity index is 731. The number of amides is 1. The third-order valence-corrected chi connectivity index (χ3v) is 4.35. The molecule has 0 radical (unpaired) electrons. The Morgan fingerprint density at radius 2 is 1.88 bits per heavy atom. The van der Waals surface area contributed by atoms with Crippen molar-refractivity contribution >= 4 is 11.9 Å². The van der Waals surface area contributed by atoms with Gasteiger partial charge in [0.2, 0.25) is 5.91 Å². The number of furan rings is 1. The average molecular weight is 343 g/mol. The normalized spacial score (nSPS) is 11.3. The van der Waals surface area contributed by atoms with Crippen LogP contribution in [-0.2, 0) is 17.8 Å². The molecule has 0 atom stereocenters. The van der Waals surface area contributed by atoms with Gasteiger partial charge in [-0.3, -0.25) is 4.79 Å². The lowest BCUT2D eigenvalue weighted by atomic mass is 9.85. The number of carboxylic acid groups (broad SMARTS) is 1. The fourth-order valence-electron chi connectivity index (χ4n) is 2.74. The highest BCUT2D eigenvalue weighted by Crippen LogP contribution is 2.24. The van der Waals surface area contributed by atoms with E-state index in [9.17, 15) is 9.59 Å². The third-order valence-electron chi connectivity index (χ3n) is 4.35. The van der Waals surface area contributed by atoms with E-state index >= 15 is 0 Å². The molecule has 2 aromatic rings. The highest BCUT2D eigenvalue weighted by molar-refractivity contribution is 5.88. The predicted molar refractivity (Wildman–Crippen MR) is 95.4 cm³/mol. The van der Waals surface area contributed by atoms with E-state index in [-0.39, 0.29) is 18.0 Å². The van der Waals surface area contributed by atoms with Crippen LogP contribution < -0.4 is 5.32 Å². The van der Waals surface area contributed by atoms with Gasteiger partial charge in [-0.25, -0.2) is 4.79 Å². The summed E-state index contributed by atoms with van der Waals surface area (Å²) >= 11 is 0. The minimum absolute atomic E-state index is 0.0634. The highest BCUT2D eigenvalue weighted by Gasteiger charge is 2.27. The van der Waals surface area contributed by atoms with Crippen LogP contribution in [0.5, 0.6) is 0 Å². The van der Waals surface area contributed by atoms with Gasteiger partial charge in [0.25, 0.3) is 0 Å². The summed E-state index contributed by atoms with van der Waals surface area (Å²) in [6, 6.07) is 11.7. The molecule has 0 unspecified atom stereocenters. The van der Waals surface area contributed by atoms with E-state index in [0.717, 1.165) is 19.3 Å². The SMILES string of the molecule is Cc1oc(CNC(=O)C(C)(C)CCCc2ccccc2)cc1C(=O)O. The molecule has 0 fully saturated rings. The van der Waals surface area contributed by atoms with Crippen molar-refractivity contribution in [3.8, 4) is 0 Å². The molecule has 1 aromatic carbocycles. The van der Waals surface area contributed by atoms with Gasteiger partial charge in [-0.15, -0.1) is 0 Å². The van der Waals surface area contributed by atoms with Gasteiger partial charge in [0.15, 0.2) is 0 Å². The molecule has 25 heavy (non-hydrogen) atoms. The maximum atomic E-state index is 12.4. The first kappa shape index (κ1) is 18.8. The van der Waals surface area contributed by atoms with Gasteiger partial charge < -0.3 is 14.8 Å². The molecule has 0 spiro atoms. The Hall–Kier alpha value is -2.56. The fourth-order valence-corrected chi connectivity index (χ4v) is 2.74. The monoisotopic (exact) mass is 343 g/mol. The van der Waals surface area contributed by atoms with Crippen molar-refractivity contribution in [1.82, 2.24) is 5.32 Å². The van der Waals surface area contributed by atoms with Crippen molar-refractivity contribution in [3.05, 3.63) is 59.0 Å². The Morgan fingerprint density at radius 1 is 1.20 bits per heavy atom. The highest BCUT2D eigenvalue weighted by atomic mass is 16.4. The first-order chi connectivity index (χ1) is 11.8. The number of rotatable bonds is 8. The molecule has 1 heterocycles. The Kier molecular flexibility index (Phi) is 6.02. The summed E-state index contributed by atoms with van der Waals surface area (Å²) in [6.07, 6.45) is 2.63. The van der Waals surface area contributed by atoms with Crippen LogP contribution in [0.2, 0.25) is 0 Å². The Labute approximate surface area is 148 Å². The van der Waals surface area contributed by atoms with E-state index in [1.54, 1.807) is 6.92 Å². The van der Waals surface area contributed by atoms with Crippen LogP contribution in [0, 0.1) is 12.3 Å². The smallest absolute Gasteiger partial charge is 0.339 e. The van der Waals surface area contributed by atoms with Gasteiger partial charge in [0, 0.05) is 5.41 Å². The standard InChI is InChI=1S/C20H25NO4/c1-14-17(18(22)23)12-16(25-14)13-21-19(24)20(2,3)11-7-10-15-8-5-4-6-9-15/h4-6,8-9,12H,7,10-11,13H2,1-3H3,(H,21,24)(H,22,23). The van der Waals surface area contributed by atoms with Gasteiger partial charge in [-0.2, -0.15) is 0 Å². The summed E-state index contributed by atoms with van der Waals surface area (Å²) in [6.45, 7) is 5.63. The van der Waals surface area contributed by atoms with Gasteiger partial charge in [0.05, 0.1) is 6.54 Å². The van der Waals surface area contributed by atoms with Crippen LogP contribution in [0.15, 0.2) is 40.8 Å². The molecule has 1 amide bonds. The lowest BCUT2D eigenvalue weighted by molar-refractivity contribution is -0.130. The lowest BCUT2D eigenvalue weighted by Crippen LogP contribution is -2.36. The molecule has 1 aromatic heterocycles. The maximum absolute atomic E-state index is 12.4. The van der Waals surface area contributed by atoms with Crippen LogP contribution in [0.25, 0.3) is 0 Å². The molecular formula is C20H25NO4. The number of nitrogens with one attached hydrogen (secondary N) is 1. The van der Waals surface area contributed by atoms with Gasteiger partial charge in [-0.1, -0.05) is 44.2 Å². The lowest BCUT2D eigenvalue weighted by Gasteiger charge is -2.23. The average Bonchev–Trinajstić information content (AvgIpc) is 2.94. The van der Waals surface area contributed by atoms with Gasteiger partial charge in [-0.05, 0) is 37.8 Å². The molecule has 0 aliphatic heterocycles. The number of carbonyl (C=O) groups excluding carboxylic acids is 1. The van der Waals surface area contributed by atoms with Crippen molar-refractivity contribution in [1.29, 1.82) is 0 Å². The molecule has 0 aliphatic rings. The summed E-state index contributed by atoms with van der Waals surface area (Å²) in [4.78, 5) is 23.5. The summed E-state index contributed by atoms with van der Waals surface area (Å²) in [5.74, 6) is -0.297. The molecule has 2 rings (SSSR count). The zero-order chi connectivity index (χ0) is 18.4. The largest absolute Gasteiger partial charge is 0.478 e. The van der Waals surface area contributed by atoms with Crippen LogP contribution in [0.3, 0.4) is 0 Å². The summed E-state index contributed by atoms with van der Waals surface area (Å²) in [5.41, 5.74) is 0.906. The Balaban J connectivity index is 1.84. The number of carbonyl (C=O) groups is 2. The maximum Gasteiger partial charge on any atom is 0.339 e. The minimum Gasteiger partial charge on any atom is -0.478 e. The zero-order valence-electron chi connectivity index (χ0n) is 15.0. The van der Waals surface area contributed by atoms with Crippen LogP contribution in [0.4, 0.5) is 0 Å². The van der Waals surface area contributed by atoms with E-state index < -0.39 is 11.4 Å². The fraction of sp³-hybridized carbons (Fsp3) is 0.400. The molecule has 5 nitrogen and oxygen atoms in total. The number of hydrogen-bond acceptors (Lipinski definition) is 3. The number of aromatic carboxylic acids is 1. The van der Waals surface area contributed by atoms with Crippen molar-refractivity contribution in [2.24, 2.45) is 5.41 Å². The van der Waals surface area contributed by atoms with Gasteiger partial charge >= 0.3 is 5.97 Å². The molecule has 0 saturated heterocycles. The number of benzene rings is 1. The van der Waals surface area contributed by atoms with E-state index in [2.05, 4.69) is 17.4 Å². The molecule has 5 heteroatoms. The third kappa shape index (κ3) is 5.21. The van der Waals surface area contributed by atoms with E-state index in [0.29, 0.717) is 11.5 Å². The van der Waals surface area contributed by atoms with Gasteiger partial charge in [0.1, 0.15) is 17.1 Å². The second-order valence-electron chi connectivity index (χ2n) is 6.89. The quantitative estimate of drug-likeness (QED) is 0.760. The second-order valence-corrected chi connectivity index (χ2v) is 6.89. The van der Waals surface area contributed by atoms with Crippen molar-refractivity contribution in [2.75, 3.05) is 0 Å². The van der Waals surface area contributed by atoms with Crippen LogP contribution in [-0.4, -0.2) is 17.0 Å². The van der Waals surface area contributed by atoms with E-state index in [1.807, 2.05) is 32.0 Å². The van der Waals surface area contributed by atoms with Crippen molar-refractivity contribution in [3.63, 3.8) is 0 Å². The molecular weight excluding hydrogens is 318 g/mol. The van der Waals surface area contributed by atoms with E-state index in [4.69, 9.17) is 9.52 Å². The first-order valence-corrected chi connectivity index (χ1v) is 8.44. The number of aryl methyl sites for hydroxylation is 2. The summed E-state index contributed by atoms with van der Waals surface area (Å²) in [7, 11) is 0. The Morgan fingerprint density at radius 3 is 2.48 bits per heavy atom. The summed E-state index contributed by atoms with van der Waals surface area (Å²) < 4.78 is 5.38. The van der Waals surface area contributed by atoms with Crippen molar-refractivity contribution in [2.45, 2.75) is 46.6 Å². The van der Waals surface area contributed by atoms with Crippen LogP contribution in [0.1, 0.15) is 54.1 Å².